The monoisotopic (exact) mass is 510 g/mol. The highest BCUT2D eigenvalue weighted by atomic mass is 35.5. The van der Waals surface area contributed by atoms with Crippen LogP contribution in [0.25, 0.3) is 6.08 Å². The highest BCUT2D eigenvalue weighted by Gasteiger charge is 2.21. The van der Waals surface area contributed by atoms with Gasteiger partial charge in [0.2, 0.25) is 5.91 Å². The molecule has 3 rings (SSSR count). The van der Waals surface area contributed by atoms with Crippen LogP contribution in [0.15, 0.2) is 48.5 Å². The van der Waals surface area contributed by atoms with Crippen LogP contribution in [0.5, 0.6) is 11.5 Å². The lowest BCUT2D eigenvalue weighted by Crippen LogP contribution is -2.07. The van der Waals surface area contributed by atoms with Crippen LogP contribution in [0.4, 0.5) is 5.00 Å². The highest BCUT2D eigenvalue weighted by molar-refractivity contribution is 7.18. The molecule has 35 heavy (non-hydrogen) atoms. The zero-order chi connectivity index (χ0) is 25.4. The third-order valence-corrected chi connectivity index (χ3v) is 6.32. The maximum atomic E-state index is 12.5. The summed E-state index contributed by atoms with van der Waals surface area (Å²) in [5, 5.41) is 13.1. The van der Waals surface area contributed by atoms with Crippen molar-refractivity contribution in [1.82, 2.24) is 0 Å². The molecule has 0 spiro atoms. The summed E-state index contributed by atoms with van der Waals surface area (Å²) in [6.07, 6.45) is 2.95. The van der Waals surface area contributed by atoms with Gasteiger partial charge in [0.1, 0.15) is 22.6 Å². The Morgan fingerprint density at radius 3 is 2.57 bits per heavy atom. The van der Waals surface area contributed by atoms with Crippen LogP contribution >= 0.6 is 22.9 Å². The number of nitriles is 1. The van der Waals surface area contributed by atoms with Gasteiger partial charge in [-0.15, -0.1) is 11.3 Å². The Kier molecular flexibility index (Phi) is 8.90. The number of halogens is 1. The minimum Gasteiger partial charge on any atom is -0.493 e. The molecule has 180 valence electrons. The predicted octanol–water partition coefficient (Wildman–Crippen LogP) is 6.00. The molecule has 2 aromatic carbocycles. The van der Waals surface area contributed by atoms with Gasteiger partial charge in [-0.2, -0.15) is 5.26 Å². The van der Waals surface area contributed by atoms with Crippen molar-refractivity contribution in [3.63, 3.8) is 0 Å². The van der Waals surface area contributed by atoms with Crippen molar-refractivity contribution in [2.24, 2.45) is 0 Å². The molecule has 0 saturated heterocycles. The Hall–Kier alpha value is -3.80. The van der Waals surface area contributed by atoms with E-state index >= 15 is 0 Å². The number of carbonyl (C=O) groups is 2. The quantitative estimate of drug-likeness (QED) is 0.280. The molecule has 9 heteroatoms. The first-order chi connectivity index (χ1) is 16.9. The molecule has 1 N–H and O–H groups in total. The van der Waals surface area contributed by atoms with Gasteiger partial charge in [0.25, 0.3) is 0 Å². The lowest BCUT2D eigenvalue weighted by molar-refractivity contribution is -0.111. The topological polar surface area (TPSA) is 97.7 Å². The first kappa shape index (κ1) is 25.8. The van der Waals surface area contributed by atoms with E-state index in [0.717, 1.165) is 16.9 Å². The van der Waals surface area contributed by atoms with E-state index in [1.807, 2.05) is 18.2 Å². The largest absolute Gasteiger partial charge is 0.493 e. The van der Waals surface area contributed by atoms with Gasteiger partial charge in [-0.1, -0.05) is 29.8 Å². The van der Waals surface area contributed by atoms with Crippen molar-refractivity contribution in [3.8, 4) is 17.6 Å². The minimum absolute atomic E-state index is 0.219. The number of thiophene rings is 1. The number of anilines is 1. The maximum absolute atomic E-state index is 12.5. The number of esters is 1. The lowest BCUT2D eigenvalue weighted by atomic mass is 10.1. The number of nitrogens with one attached hydrogen (secondary N) is 1. The molecule has 0 fully saturated rings. The average Bonchev–Trinajstić information content (AvgIpc) is 3.17. The molecule has 7 nitrogen and oxygen atoms in total. The van der Waals surface area contributed by atoms with Gasteiger partial charge >= 0.3 is 5.97 Å². The highest BCUT2D eigenvalue weighted by Crippen LogP contribution is 2.33. The summed E-state index contributed by atoms with van der Waals surface area (Å²) in [6, 6.07) is 14.7. The van der Waals surface area contributed by atoms with Gasteiger partial charge in [-0.25, -0.2) is 4.79 Å². The Bertz CT molecular complexity index is 1290. The molecule has 0 atom stereocenters. The third kappa shape index (κ3) is 6.63. The summed E-state index contributed by atoms with van der Waals surface area (Å²) < 4.78 is 16.3. The van der Waals surface area contributed by atoms with Crippen molar-refractivity contribution in [3.05, 3.63) is 80.7 Å². The molecular weight excluding hydrogens is 488 g/mol. The summed E-state index contributed by atoms with van der Waals surface area (Å²) in [4.78, 5) is 24.9. The molecule has 0 unspecified atom stereocenters. The normalized spacial score (nSPS) is 10.6. The molecule has 0 aliphatic carbocycles. The van der Waals surface area contributed by atoms with Crippen LogP contribution in [0.2, 0.25) is 5.02 Å². The molecule has 0 aliphatic rings. The molecule has 0 aliphatic heterocycles. The van der Waals surface area contributed by atoms with Crippen LogP contribution in [-0.2, 0) is 16.1 Å². The van der Waals surface area contributed by atoms with E-state index in [4.69, 9.17) is 25.8 Å². The van der Waals surface area contributed by atoms with Crippen LogP contribution in [0, 0.1) is 18.3 Å². The van der Waals surface area contributed by atoms with Gasteiger partial charge in [-0.05, 0) is 60.9 Å². The van der Waals surface area contributed by atoms with E-state index in [9.17, 15) is 14.9 Å². The number of hydrogen-bond donors (Lipinski definition) is 1. The summed E-state index contributed by atoms with van der Waals surface area (Å²) >= 11 is 6.92. The molecule has 1 heterocycles. The lowest BCUT2D eigenvalue weighted by Gasteiger charge is -2.11. The molecule has 0 saturated carbocycles. The van der Waals surface area contributed by atoms with Crippen molar-refractivity contribution >= 4 is 45.9 Å². The standard InChI is InChI=1S/C26H23ClN2O5S/c1-4-33-26(31)24-16(2)20(14-28)25(35-24)29-23(30)12-8-17-7-11-21(22(13-17)32-3)34-15-18-5-9-19(27)10-6-18/h5-13H,4,15H2,1-3H3,(H,29,30)/b12-8+. The number of ether oxygens (including phenoxy) is 3. The number of hydrogen-bond acceptors (Lipinski definition) is 7. The molecule has 1 amide bonds. The fraction of sp³-hybridized carbons (Fsp3) is 0.192. The van der Waals surface area contributed by atoms with E-state index in [-0.39, 0.29) is 12.2 Å². The third-order valence-electron chi connectivity index (χ3n) is 4.88. The number of benzene rings is 2. The molecule has 0 bridgehead atoms. The summed E-state index contributed by atoms with van der Waals surface area (Å²) in [7, 11) is 1.54. The Morgan fingerprint density at radius 1 is 1.17 bits per heavy atom. The Labute approximate surface area is 212 Å². The van der Waals surface area contributed by atoms with E-state index in [2.05, 4.69) is 5.32 Å². The zero-order valence-corrected chi connectivity index (χ0v) is 21.0. The van der Waals surface area contributed by atoms with Crippen LogP contribution < -0.4 is 14.8 Å². The second kappa shape index (κ2) is 12.1. The van der Waals surface area contributed by atoms with E-state index in [1.54, 1.807) is 50.3 Å². The number of amides is 1. The first-order valence-corrected chi connectivity index (χ1v) is 11.8. The maximum Gasteiger partial charge on any atom is 0.348 e. The fourth-order valence-corrected chi connectivity index (χ4v) is 4.28. The second-order valence-electron chi connectivity index (χ2n) is 7.24. The second-order valence-corrected chi connectivity index (χ2v) is 8.70. The summed E-state index contributed by atoms with van der Waals surface area (Å²) in [5.41, 5.74) is 2.40. The van der Waals surface area contributed by atoms with E-state index < -0.39 is 11.9 Å². The molecule has 3 aromatic rings. The fourth-order valence-electron chi connectivity index (χ4n) is 3.10. The summed E-state index contributed by atoms with van der Waals surface area (Å²) in [5.74, 6) is 0.109. The molecule has 1 aromatic heterocycles. The SMILES string of the molecule is CCOC(=O)c1sc(NC(=O)/C=C/c2ccc(OCc3ccc(Cl)cc3)c(OC)c2)c(C#N)c1C. The minimum atomic E-state index is -0.520. The summed E-state index contributed by atoms with van der Waals surface area (Å²) in [6.45, 7) is 3.92. The van der Waals surface area contributed by atoms with Crippen molar-refractivity contribution < 1.29 is 23.8 Å². The van der Waals surface area contributed by atoms with Crippen molar-refractivity contribution in [2.45, 2.75) is 20.5 Å². The Balaban J connectivity index is 1.69. The van der Waals surface area contributed by atoms with Crippen LogP contribution in [0.3, 0.4) is 0 Å². The van der Waals surface area contributed by atoms with Crippen molar-refractivity contribution in [1.29, 1.82) is 5.26 Å². The molecule has 0 radical (unpaired) electrons. The average molecular weight is 511 g/mol. The molecular formula is C26H23ClN2O5S. The van der Waals surface area contributed by atoms with E-state index in [0.29, 0.717) is 44.1 Å². The Morgan fingerprint density at radius 2 is 1.91 bits per heavy atom. The number of carbonyl (C=O) groups excluding carboxylic acids is 2. The van der Waals surface area contributed by atoms with Gasteiger partial charge in [-0.3, -0.25) is 4.79 Å². The van der Waals surface area contributed by atoms with Gasteiger partial charge < -0.3 is 19.5 Å². The predicted molar refractivity (Wildman–Crippen MR) is 136 cm³/mol. The first-order valence-electron chi connectivity index (χ1n) is 10.6. The number of rotatable bonds is 9. The zero-order valence-electron chi connectivity index (χ0n) is 19.4. The number of methoxy groups -OCH3 is 1. The van der Waals surface area contributed by atoms with Crippen LogP contribution in [0.1, 0.15) is 38.8 Å². The van der Waals surface area contributed by atoms with Crippen LogP contribution in [-0.4, -0.2) is 25.6 Å². The van der Waals surface area contributed by atoms with Gasteiger partial charge in [0.05, 0.1) is 19.3 Å². The smallest absolute Gasteiger partial charge is 0.348 e. The van der Waals surface area contributed by atoms with E-state index in [1.165, 1.54) is 13.2 Å². The number of nitrogens with zero attached hydrogens (tertiary/aromatic N) is 1. The van der Waals surface area contributed by atoms with Crippen molar-refractivity contribution in [2.75, 3.05) is 19.0 Å². The van der Waals surface area contributed by atoms with Gasteiger partial charge in [0, 0.05) is 11.1 Å². The van der Waals surface area contributed by atoms with Gasteiger partial charge in [0.15, 0.2) is 11.5 Å².